The van der Waals surface area contributed by atoms with E-state index in [4.69, 9.17) is 4.74 Å². The van der Waals surface area contributed by atoms with Gasteiger partial charge in [-0.15, -0.1) is 0 Å². The van der Waals surface area contributed by atoms with Crippen LogP contribution in [-0.2, 0) is 11.3 Å². The molecular weight excluding hydrogens is 330 g/mol. The highest BCUT2D eigenvalue weighted by Crippen LogP contribution is 2.17. The van der Waals surface area contributed by atoms with Gasteiger partial charge in [-0.2, -0.15) is 0 Å². The average Bonchev–Trinajstić information content (AvgIpc) is 2.43. The first kappa shape index (κ1) is 14.8. The van der Waals surface area contributed by atoms with E-state index in [9.17, 15) is 13.6 Å². The van der Waals surface area contributed by atoms with Crippen LogP contribution in [0.5, 0.6) is 0 Å². The maximum Gasteiger partial charge on any atom is 0.191 e. The van der Waals surface area contributed by atoms with Gasteiger partial charge < -0.3 is 4.74 Å². The lowest BCUT2D eigenvalue weighted by Gasteiger charge is -2.06. The first-order chi connectivity index (χ1) is 9.58. The van der Waals surface area contributed by atoms with Gasteiger partial charge in [0.15, 0.2) is 5.78 Å². The summed E-state index contributed by atoms with van der Waals surface area (Å²) in [6, 6.07) is 10.2. The molecule has 0 atom stereocenters. The molecule has 0 aliphatic carbocycles. The van der Waals surface area contributed by atoms with E-state index in [0.717, 1.165) is 28.2 Å². The van der Waals surface area contributed by atoms with Crippen LogP contribution in [0.25, 0.3) is 0 Å². The van der Waals surface area contributed by atoms with Crippen molar-refractivity contribution < 1.29 is 18.3 Å². The number of hydrogen-bond acceptors (Lipinski definition) is 2. The van der Waals surface area contributed by atoms with E-state index in [-0.39, 0.29) is 18.8 Å². The van der Waals surface area contributed by atoms with Gasteiger partial charge in [0, 0.05) is 4.47 Å². The second-order valence-corrected chi connectivity index (χ2v) is 4.99. The van der Waals surface area contributed by atoms with Gasteiger partial charge in [0.25, 0.3) is 0 Å². The van der Waals surface area contributed by atoms with Crippen molar-refractivity contribution >= 4 is 21.7 Å². The molecule has 2 aromatic carbocycles. The first-order valence-electron chi connectivity index (χ1n) is 5.87. The molecule has 0 bridgehead atoms. The zero-order valence-corrected chi connectivity index (χ0v) is 12.0. The Morgan fingerprint density at radius 1 is 1.15 bits per heavy atom. The molecule has 0 aromatic heterocycles. The number of halogens is 3. The molecule has 0 N–H and O–H groups in total. The minimum atomic E-state index is -0.749. The molecule has 2 nitrogen and oxygen atoms in total. The predicted molar refractivity (Wildman–Crippen MR) is 74.5 cm³/mol. The van der Waals surface area contributed by atoms with E-state index in [2.05, 4.69) is 15.9 Å². The molecular formula is C15H11BrF2O2. The van der Waals surface area contributed by atoms with Crippen LogP contribution in [0.4, 0.5) is 8.78 Å². The molecule has 20 heavy (non-hydrogen) atoms. The number of Topliss-reactive ketones (excluding diaryl/α,β-unsaturated/α-hetero) is 1. The normalized spacial score (nSPS) is 10.6. The maximum absolute atomic E-state index is 13.4. The van der Waals surface area contributed by atoms with Gasteiger partial charge in [-0.25, -0.2) is 8.78 Å². The van der Waals surface area contributed by atoms with Gasteiger partial charge in [-0.3, -0.25) is 4.79 Å². The number of hydrogen-bond donors (Lipinski definition) is 0. The second kappa shape index (κ2) is 6.72. The molecule has 104 valence electrons. The molecule has 0 spiro atoms. The van der Waals surface area contributed by atoms with E-state index >= 15 is 0 Å². The van der Waals surface area contributed by atoms with Gasteiger partial charge in [0.1, 0.15) is 18.2 Å². The SMILES string of the molecule is O=C(COCc1ccccc1Br)c1cc(F)ccc1F. The summed E-state index contributed by atoms with van der Waals surface area (Å²) in [5.74, 6) is -1.99. The van der Waals surface area contributed by atoms with Crippen molar-refractivity contribution in [3.05, 3.63) is 69.7 Å². The van der Waals surface area contributed by atoms with Crippen molar-refractivity contribution in [3.8, 4) is 0 Å². The molecule has 2 aromatic rings. The first-order valence-corrected chi connectivity index (χ1v) is 6.66. The Labute approximate surface area is 123 Å². The summed E-state index contributed by atoms with van der Waals surface area (Å²) in [5, 5.41) is 0. The quantitative estimate of drug-likeness (QED) is 0.765. The lowest BCUT2D eigenvalue weighted by Crippen LogP contribution is -2.11. The number of ketones is 1. The third kappa shape index (κ3) is 3.71. The lowest BCUT2D eigenvalue weighted by atomic mass is 10.1. The Hall–Kier alpha value is -1.59. The molecule has 0 amide bonds. The van der Waals surface area contributed by atoms with E-state index in [0.29, 0.717) is 0 Å². The standard InChI is InChI=1S/C15H11BrF2O2/c16-13-4-2-1-3-10(13)8-20-9-15(19)12-7-11(17)5-6-14(12)18/h1-7H,8-9H2. The smallest absolute Gasteiger partial charge is 0.191 e. The summed E-state index contributed by atoms with van der Waals surface area (Å²) in [6.07, 6.45) is 0. The number of rotatable bonds is 5. The number of ether oxygens (including phenoxy) is 1. The average molecular weight is 341 g/mol. The highest BCUT2D eigenvalue weighted by atomic mass is 79.9. The third-order valence-corrected chi connectivity index (χ3v) is 3.45. The Morgan fingerprint density at radius 2 is 1.90 bits per heavy atom. The highest BCUT2D eigenvalue weighted by Gasteiger charge is 2.13. The Bertz CT molecular complexity index is 629. The summed E-state index contributed by atoms with van der Waals surface area (Å²) in [6.45, 7) is -0.0915. The van der Waals surface area contributed by atoms with Crippen LogP contribution in [0.3, 0.4) is 0 Å². The molecule has 0 unspecified atom stereocenters. The summed E-state index contributed by atoms with van der Waals surface area (Å²) >= 11 is 3.36. The highest BCUT2D eigenvalue weighted by molar-refractivity contribution is 9.10. The summed E-state index contributed by atoms with van der Waals surface area (Å²) < 4.78 is 32.5. The van der Waals surface area contributed by atoms with E-state index in [1.165, 1.54) is 0 Å². The van der Waals surface area contributed by atoms with Crippen molar-refractivity contribution in [2.45, 2.75) is 6.61 Å². The zero-order valence-electron chi connectivity index (χ0n) is 10.4. The van der Waals surface area contributed by atoms with Gasteiger partial charge in [0.2, 0.25) is 0 Å². The molecule has 0 aliphatic rings. The lowest BCUT2D eigenvalue weighted by molar-refractivity contribution is 0.0721. The maximum atomic E-state index is 13.4. The third-order valence-electron chi connectivity index (χ3n) is 2.68. The van der Waals surface area contributed by atoms with Crippen LogP contribution < -0.4 is 0 Å². The molecule has 0 saturated heterocycles. The number of carbonyl (C=O) groups is 1. The van der Waals surface area contributed by atoms with Crippen molar-refractivity contribution in [1.82, 2.24) is 0 Å². The predicted octanol–water partition coefficient (Wildman–Crippen LogP) is 4.13. The number of benzene rings is 2. The second-order valence-electron chi connectivity index (χ2n) is 4.13. The van der Waals surface area contributed by atoms with Crippen LogP contribution in [0, 0.1) is 11.6 Å². The van der Waals surface area contributed by atoms with Crippen molar-refractivity contribution in [3.63, 3.8) is 0 Å². The minimum Gasteiger partial charge on any atom is -0.369 e. The van der Waals surface area contributed by atoms with Crippen molar-refractivity contribution in [1.29, 1.82) is 0 Å². The van der Waals surface area contributed by atoms with E-state index in [1.54, 1.807) is 0 Å². The van der Waals surface area contributed by atoms with Gasteiger partial charge in [-0.05, 0) is 29.8 Å². The Balaban J connectivity index is 1.96. The summed E-state index contributed by atoms with van der Waals surface area (Å²) in [4.78, 5) is 11.7. The molecule has 0 radical (unpaired) electrons. The summed E-state index contributed by atoms with van der Waals surface area (Å²) in [7, 11) is 0. The topological polar surface area (TPSA) is 26.3 Å². The molecule has 0 fully saturated rings. The fourth-order valence-corrected chi connectivity index (χ4v) is 2.06. The largest absolute Gasteiger partial charge is 0.369 e. The zero-order chi connectivity index (χ0) is 14.5. The van der Waals surface area contributed by atoms with Crippen LogP contribution in [0.2, 0.25) is 0 Å². The van der Waals surface area contributed by atoms with Crippen LogP contribution in [0.1, 0.15) is 15.9 Å². The van der Waals surface area contributed by atoms with Crippen molar-refractivity contribution in [2.24, 2.45) is 0 Å². The Morgan fingerprint density at radius 3 is 2.65 bits per heavy atom. The Kier molecular flexibility index (Phi) is 4.98. The van der Waals surface area contributed by atoms with E-state index < -0.39 is 17.4 Å². The molecule has 0 saturated carbocycles. The van der Waals surface area contributed by atoms with Crippen LogP contribution >= 0.6 is 15.9 Å². The monoisotopic (exact) mass is 340 g/mol. The fraction of sp³-hybridized carbons (Fsp3) is 0.133. The molecule has 0 aliphatic heterocycles. The van der Waals surface area contributed by atoms with Crippen LogP contribution in [-0.4, -0.2) is 12.4 Å². The van der Waals surface area contributed by atoms with Gasteiger partial charge in [0.05, 0.1) is 12.2 Å². The molecule has 5 heteroatoms. The molecule has 2 rings (SSSR count). The van der Waals surface area contributed by atoms with Crippen LogP contribution in [0.15, 0.2) is 46.9 Å². The number of carbonyl (C=O) groups excluding carboxylic acids is 1. The van der Waals surface area contributed by atoms with Gasteiger partial charge >= 0.3 is 0 Å². The van der Waals surface area contributed by atoms with E-state index in [1.807, 2.05) is 24.3 Å². The van der Waals surface area contributed by atoms with Gasteiger partial charge in [-0.1, -0.05) is 34.1 Å². The molecule has 0 heterocycles. The fourth-order valence-electron chi connectivity index (χ4n) is 1.66. The minimum absolute atomic E-state index is 0.212. The summed E-state index contributed by atoms with van der Waals surface area (Å²) in [5.41, 5.74) is 0.581. The van der Waals surface area contributed by atoms with Crippen molar-refractivity contribution in [2.75, 3.05) is 6.61 Å².